The van der Waals surface area contributed by atoms with Gasteiger partial charge in [-0.15, -0.1) is 0 Å². The second-order valence-electron chi connectivity index (χ2n) is 3.16. The van der Waals surface area contributed by atoms with Crippen LogP contribution in [0.5, 0.6) is 0 Å². The second kappa shape index (κ2) is 5.57. The fourth-order valence-electron chi connectivity index (χ4n) is 1.11. The quantitative estimate of drug-likeness (QED) is 0.605. The summed E-state index contributed by atoms with van der Waals surface area (Å²) in [6.45, 7) is 3.20. The highest BCUT2D eigenvalue weighted by Gasteiger charge is 2.30. The molecule has 0 fully saturated rings. The summed E-state index contributed by atoms with van der Waals surface area (Å²) in [6, 6.07) is 5.02. The van der Waals surface area contributed by atoms with E-state index in [2.05, 4.69) is 17.2 Å². The highest BCUT2D eigenvalue weighted by Crippen LogP contribution is 2.29. The first-order valence-corrected chi connectivity index (χ1v) is 4.91. The Bertz CT molecular complexity index is 399. The smallest absolute Gasteiger partial charge is 0.306 e. The van der Waals surface area contributed by atoms with Gasteiger partial charge in [-0.25, -0.2) is 0 Å². The minimum atomic E-state index is -4.31. The highest BCUT2D eigenvalue weighted by molar-refractivity contribution is 5.38. The van der Waals surface area contributed by atoms with Gasteiger partial charge in [0.05, 0.1) is 12.1 Å². The average molecular weight is 227 g/mol. The summed E-state index contributed by atoms with van der Waals surface area (Å²) in [5.41, 5.74) is -0.282. The Labute approximate surface area is 92.7 Å². The Morgan fingerprint density at radius 1 is 1.31 bits per heavy atom. The van der Waals surface area contributed by atoms with Crippen molar-refractivity contribution in [2.24, 2.45) is 0 Å². The summed E-state index contributed by atoms with van der Waals surface area (Å²) in [5, 5.41) is 2.97. The van der Waals surface area contributed by atoms with E-state index in [-0.39, 0.29) is 0 Å². The first kappa shape index (κ1) is 12.6. The van der Waals surface area contributed by atoms with Gasteiger partial charge in [0, 0.05) is 5.56 Å². The van der Waals surface area contributed by atoms with Crippen molar-refractivity contribution in [2.45, 2.75) is 13.1 Å². The van der Waals surface area contributed by atoms with E-state index in [1.54, 1.807) is 6.07 Å². The van der Waals surface area contributed by atoms with Gasteiger partial charge >= 0.3 is 6.18 Å². The summed E-state index contributed by atoms with van der Waals surface area (Å²) in [6.07, 6.45) is -4.31. The molecule has 0 unspecified atom stereocenters. The maximum absolute atomic E-state index is 12.4. The topological polar surface area (TPSA) is 12.0 Å². The van der Waals surface area contributed by atoms with Gasteiger partial charge < -0.3 is 5.32 Å². The minimum Gasteiger partial charge on any atom is -0.306 e. The zero-order chi connectivity index (χ0) is 12.0. The summed E-state index contributed by atoms with van der Waals surface area (Å²) in [5.74, 6) is 5.43. The van der Waals surface area contributed by atoms with Gasteiger partial charge in [0.15, 0.2) is 0 Å². The van der Waals surface area contributed by atoms with E-state index in [1.165, 1.54) is 6.07 Å². The maximum atomic E-state index is 12.4. The van der Waals surface area contributed by atoms with Crippen LogP contribution in [0.1, 0.15) is 18.1 Å². The molecule has 0 heterocycles. The molecule has 0 aliphatic carbocycles. The van der Waals surface area contributed by atoms with E-state index >= 15 is 0 Å². The second-order valence-corrected chi connectivity index (χ2v) is 3.16. The molecular formula is C12H12F3N. The number of rotatable bonds is 2. The molecule has 0 amide bonds. The van der Waals surface area contributed by atoms with Crippen LogP contribution in [0.25, 0.3) is 0 Å². The molecule has 0 atom stereocenters. The van der Waals surface area contributed by atoms with E-state index in [0.29, 0.717) is 12.1 Å². The van der Waals surface area contributed by atoms with Crippen molar-refractivity contribution in [3.8, 4) is 11.8 Å². The van der Waals surface area contributed by atoms with Crippen LogP contribution in [-0.2, 0) is 6.18 Å². The predicted molar refractivity (Wildman–Crippen MR) is 56.9 cm³/mol. The lowest BCUT2D eigenvalue weighted by atomic mass is 10.1. The van der Waals surface area contributed by atoms with E-state index < -0.39 is 11.7 Å². The molecule has 1 N–H and O–H groups in total. The number of alkyl halides is 3. The van der Waals surface area contributed by atoms with Gasteiger partial charge in [0.25, 0.3) is 0 Å². The Balaban J connectivity index is 2.78. The van der Waals surface area contributed by atoms with Crippen molar-refractivity contribution in [1.82, 2.24) is 5.32 Å². The van der Waals surface area contributed by atoms with Crippen LogP contribution in [-0.4, -0.2) is 13.1 Å². The third kappa shape index (κ3) is 3.95. The molecule has 1 aromatic carbocycles. The van der Waals surface area contributed by atoms with Gasteiger partial charge in [0.1, 0.15) is 0 Å². The van der Waals surface area contributed by atoms with Crippen LogP contribution in [0.2, 0.25) is 0 Å². The van der Waals surface area contributed by atoms with Crippen LogP contribution in [0.3, 0.4) is 0 Å². The summed E-state index contributed by atoms with van der Waals surface area (Å²) in [4.78, 5) is 0. The van der Waals surface area contributed by atoms with Gasteiger partial charge in [-0.1, -0.05) is 24.8 Å². The number of halogens is 3. The molecule has 1 rings (SSSR count). The van der Waals surface area contributed by atoms with Gasteiger partial charge in [0.2, 0.25) is 0 Å². The monoisotopic (exact) mass is 227 g/mol. The molecule has 0 saturated heterocycles. The molecule has 0 aromatic heterocycles. The van der Waals surface area contributed by atoms with Crippen molar-refractivity contribution in [3.05, 3.63) is 35.4 Å². The zero-order valence-corrected chi connectivity index (χ0v) is 8.86. The van der Waals surface area contributed by atoms with Crippen LogP contribution in [0, 0.1) is 11.8 Å². The largest absolute Gasteiger partial charge is 0.416 e. The minimum absolute atomic E-state index is 0.382. The lowest BCUT2D eigenvalue weighted by molar-refractivity contribution is -0.137. The molecular weight excluding hydrogens is 215 g/mol. The molecule has 86 valence electrons. The van der Waals surface area contributed by atoms with Crippen molar-refractivity contribution >= 4 is 0 Å². The van der Waals surface area contributed by atoms with Crippen LogP contribution in [0.15, 0.2) is 24.3 Å². The third-order valence-corrected chi connectivity index (χ3v) is 1.89. The van der Waals surface area contributed by atoms with Crippen molar-refractivity contribution in [1.29, 1.82) is 0 Å². The third-order valence-electron chi connectivity index (χ3n) is 1.89. The Hall–Kier alpha value is -1.47. The molecule has 0 aliphatic heterocycles. The lowest BCUT2D eigenvalue weighted by Gasteiger charge is -2.05. The highest BCUT2D eigenvalue weighted by atomic mass is 19.4. The van der Waals surface area contributed by atoms with E-state index in [9.17, 15) is 13.2 Å². The SMILES string of the molecule is CCNCC#Cc1cccc(C(F)(F)F)c1. The normalized spacial score (nSPS) is 10.8. The van der Waals surface area contributed by atoms with Gasteiger partial charge in [-0.3, -0.25) is 0 Å². The van der Waals surface area contributed by atoms with Crippen LogP contribution in [0.4, 0.5) is 13.2 Å². The summed E-state index contributed by atoms with van der Waals surface area (Å²) in [7, 11) is 0. The molecule has 1 nitrogen and oxygen atoms in total. The number of hydrogen-bond acceptors (Lipinski definition) is 1. The molecule has 16 heavy (non-hydrogen) atoms. The summed E-state index contributed by atoms with van der Waals surface area (Å²) < 4.78 is 37.1. The zero-order valence-electron chi connectivity index (χ0n) is 8.86. The average Bonchev–Trinajstić information content (AvgIpc) is 2.24. The fraction of sp³-hybridized carbons (Fsp3) is 0.333. The van der Waals surface area contributed by atoms with Crippen molar-refractivity contribution in [3.63, 3.8) is 0 Å². The van der Waals surface area contributed by atoms with E-state index in [0.717, 1.165) is 18.7 Å². The van der Waals surface area contributed by atoms with Crippen molar-refractivity contribution < 1.29 is 13.2 Å². The molecule has 0 saturated carbocycles. The van der Waals surface area contributed by atoms with Crippen LogP contribution < -0.4 is 5.32 Å². The van der Waals surface area contributed by atoms with E-state index in [1.807, 2.05) is 6.92 Å². The Morgan fingerprint density at radius 2 is 2.06 bits per heavy atom. The summed E-state index contributed by atoms with van der Waals surface area (Å²) >= 11 is 0. The number of hydrogen-bond donors (Lipinski definition) is 1. The van der Waals surface area contributed by atoms with E-state index in [4.69, 9.17) is 0 Å². The first-order chi connectivity index (χ1) is 7.54. The molecule has 1 aromatic rings. The van der Waals surface area contributed by atoms with Crippen molar-refractivity contribution in [2.75, 3.05) is 13.1 Å². The first-order valence-electron chi connectivity index (χ1n) is 4.91. The molecule has 0 bridgehead atoms. The number of nitrogens with one attached hydrogen (secondary N) is 1. The lowest BCUT2D eigenvalue weighted by Crippen LogP contribution is -2.11. The fourth-order valence-corrected chi connectivity index (χ4v) is 1.11. The van der Waals surface area contributed by atoms with Gasteiger partial charge in [-0.2, -0.15) is 13.2 Å². The number of benzene rings is 1. The Morgan fingerprint density at radius 3 is 2.69 bits per heavy atom. The maximum Gasteiger partial charge on any atom is 0.416 e. The molecule has 0 spiro atoms. The standard InChI is InChI=1S/C12H12F3N/c1-2-16-8-4-6-10-5-3-7-11(9-10)12(13,14)15/h3,5,7,9,16H,2,8H2,1H3. The Kier molecular flexibility index (Phi) is 4.39. The molecule has 0 aliphatic rings. The van der Waals surface area contributed by atoms with Crippen LogP contribution >= 0.6 is 0 Å². The predicted octanol–water partition coefficient (Wildman–Crippen LogP) is 2.67. The molecule has 4 heteroatoms. The molecule has 0 radical (unpaired) electrons. The van der Waals surface area contributed by atoms with Gasteiger partial charge in [-0.05, 0) is 24.7 Å².